The van der Waals surface area contributed by atoms with Crippen LogP contribution in [0.3, 0.4) is 0 Å². The Labute approximate surface area is 126 Å². The molecule has 1 aromatic carbocycles. The van der Waals surface area contributed by atoms with E-state index in [1.54, 1.807) is 0 Å². The number of rotatable bonds is 4. The lowest BCUT2D eigenvalue weighted by Crippen LogP contribution is -2.18. The molecule has 3 rings (SSSR count). The molecular formula is C16H16BrN3. The molecule has 1 N–H and O–H groups in total. The fourth-order valence-electron chi connectivity index (χ4n) is 2.20. The Hall–Kier alpha value is -1.65. The molecule has 1 atom stereocenters. The maximum absolute atomic E-state index is 4.59. The molecule has 0 bridgehead atoms. The van der Waals surface area contributed by atoms with Crippen molar-refractivity contribution in [3.05, 3.63) is 70.6 Å². The second-order valence-corrected chi connectivity index (χ2v) is 5.77. The number of halogens is 1. The number of imidazole rings is 1. The lowest BCUT2D eigenvalue weighted by atomic mass is 10.1. The second kappa shape index (κ2) is 5.77. The first-order chi connectivity index (χ1) is 9.72. The highest BCUT2D eigenvalue weighted by atomic mass is 79.9. The van der Waals surface area contributed by atoms with Gasteiger partial charge in [0.15, 0.2) is 0 Å². The predicted molar refractivity (Wildman–Crippen MR) is 84.6 cm³/mol. The number of benzene rings is 1. The first kappa shape index (κ1) is 13.3. The van der Waals surface area contributed by atoms with E-state index in [1.165, 1.54) is 5.56 Å². The fraction of sp³-hybridized carbons (Fsp3) is 0.188. The normalized spacial score (nSPS) is 12.7. The lowest BCUT2D eigenvalue weighted by Gasteiger charge is -2.13. The van der Waals surface area contributed by atoms with Gasteiger partial charge in [0, 0.05) is 29.5 Å². The molecule has 0 radical (unpaired) electrons. The molecule has 2 aromatic heterocycles. The Morgan fingerprint density at radius 1 is 1.20 bits per heavy atom. The van der Waals surface area contributed by atoms with E-state index >= 15 is 0 Å². The summed E-state index contributed by atoms with van der Waals surface area (Å²) in [5.41, 5.74) is 3.32. The van der Waals surface area contributed by atoms with Crippen LogP contribution in [0.2, 0.25) is 0 Å². The average molecular weight is 330 g/mol. The molecule has 0 fully saturated rings. The van der Waals surface area contributed by atoms with Gasteiger partial charge < -0.3 is 9.72 Å². The Bertz CT molecular complexity index is 670. The Morgan fingerprint density at radius 2 is 2.00 bits per heavy atom. The van der Waals surface area contributed by atoms with Crippen LogP contribution in [0.25, 0.3) is 5.65 Å². The van der Waals surface area contributed by atoms with Crippen molar-refractivity contribution in [1.29, 1.82) is 0 Å². The van der Waals surface area contributed by atoms with Gasteiger partial charge in [-0.05, 0) is 36.8 Å². The van der Waals surface area contributed by atoms with Crippen LogP contribution in [0.4, 0.5) is 0 Å². The van der Waals surface area contributed by atoms with Gasteiger partial charge in [0.2, 0.25) is 0 Å². The van der Waals surface area contributed by atoms with Crippen molar-refractivity contribution in [3.8, 4) is 0 Å². The summed E-state index contributed by atoms with van der Waals surface area (Å²) in [7, 11) is 0. The number of hydrogen-bond acceptors (Lipinski definition) is 2. The third-order valence-corrected chi connectivity index (χ3v) is 3.90. The minimum atomic E-state index is 0.299. The van der Waals surface area contributed by atoms with Crippen LogP contribution in [0.5, 0.6) is 0 Å². The van der Waals surface area contributed by atoms with Crippen LogP contribution in [0.15, 0.2) is 59.3 Å². The highest BCUT2D eigenvalue weighted by Crippen LogP contribution is 2.17. The number of fused-ring (bicyclic) bond motifs is 1. The van der Waals surface area contributed by atoms with E-state index in [2.05, 4.69) is 63.6 Å². The van der Waals surface area contributed by atoms with Crippen LogP contribution in [0.1, 0.15) is 24.2 Å². The third-order valence-electron chi connectivity index (χ3n) is 3.37. The summed E-state index contributed by atoms with van der Waals surface area (Å²) >= 11 is 3.46. The van der Waals surface area contributed by atoms with E-state index in [9.17, 15) is 0 Å². The summed E-state index contributed by atoms with van der Waals surface area (Å²) in [5.74, 6) is 0. The van der Waals surface area contributed by atoms with E-state index in [0.29, 0.717) is 6.04 Å². The number of nitrogens with one attached hydrogen (secondary N) is 1. The largest absolute Gasteiger partial charge is 0.307 e. The van der Waals surface area contributed by atoms with Crippen molar-refractivity contribution in [3.63, 3.8) is 0 Å². The van der Waals surface area contributed by atoms with Gasteiger partial charge in [0.1, 0.15) is 5.65 Å². The third kappa shape index (κ3) is 2.92. The van der Waals surface area contributed by atoms with Gasteiger partial charge in [-0.3, -0.25) is 0 Å². The zero-order chi connectivity index (χ0) is 13.9. The van der Waals surface area contributed by atoms with Crippen molar-refractivity contribution in [2.24, 2.45) is 0 Å². The minimum absolute atomic E-state index is 0.299. The number of nitrogens with zero attached hydrogens (tertiary/aromatic N) is 2. The van der Waals surface area contributed by atoms with E-state index in [4.69, 9.17) is 0 Å². The summed E-state index contributed by atoms with van der Waals surface area (Å²) in [6.07, 6.45) is 4.08. The molecular weight excluding hydrogens is 314 g/mol. The maximum Gasteiger partial charge on any atom is 0.137 e. The monoisotopic (exact) mass is 329 g/mol. The molecule has 102 valence electrons. The summed E-state index contributed by atoms with van der Waals surface area (Å²) in [4.78, 5) is 4.59. The molecule has 0 amide bonds. The SMILES string of the molecule is C[C@H](NCc1cn2ccccc2n1)c1ccc(Br)cc1. The summed E-state index contributed by atoms with van der Waals surface area (Å²) < 4.78 is 3.15. The smallest absolute Gasteiger partial charge is 0.137 e. The molecule has 0 aliphatic rings. The highest BCUT2D eigenvalue weighted by molar-refractivity contribution is 9.10. The van der Waals surface area contributed by atoms with Crippen LogP contribution in [0, 0.1) is 0 Å². The predicted octanol–water partition coefficient (Wildman–Crippen LogP) is 3.95. The number of hydrogen-bond donors (Lipinski definition) is 1. The van der Waals surface area contributed by atoms with Crippen molar-refractivity contribution in [2.45, 2.75) is 19.5 Å². The standard InChI is InChI=1S/C16H16BrN3/c1-12(13-5-7-14(17)8-6-13)18-10-15-11-20-9-3-2-4-16(20)19-15/h2-9,11-12,18H,10H2,1H3/t12-/m0/s1. The number of aromatic nitrogens is 2. The van der Waals surface area contributed by atoms with Gasteiger partial charge in [-0.25, -0.2) is 4.98 Å². The van der Waals surface area contributed by atoms with E-state index in [-0.39, 0.29) is 0 Å². The van der Waals surface area contributed by atoms with Gasteiger partial charge in [0.05, 0.1) is 5.69 Å². The lowest BCUT2D eigenvalue weighted by molar-refractivity contribution is 0.569. The maximum atomic E-state index is 4.59. The molecule has 0 saturated heterocycles. The van der Waals surface area contributed by atoms with Gasteiger partial charge in [-0.15, -0.1) is 0 Å². The van der Waals surface area contributed by atoms with Crippen LogP contribution >= 0.6 is 15.9 Å². The van der Waals surface area contributed by atoms with Crippen molar-refractivity contribution >= 4 is 21.6 Å². The summed E-state index contributed by atoms with van der Waals surface area (Å²) in [6.45, 7) is 2.93. The zero-order valence-electron chi connectivity index (χ0n) is 11.3. The topological polar surface area (TPSA) is 29.3 Å². The number of pyridine rings is 1. The van der Waals surface area contributed by atoms with E-state index in [0.717, 1.165) is 22.4 Å². The zero-order valence-corrected chi connectivity index (χ0v) is 12.8. The van der Waals surface area contributed by atoms with Crippen LogP contribution < -0.4 is 5.32 Å². The Kier molecular flexibility index (Phi) is 3.85. The molecule has 0 spiro atoms. The Balaban J connectivity index is 1.68. The molecule has 2 heterocycles. The summed E-state index contributed by atoms with van der Waals surface area (Å²) in [5, 5.41) is 3.50. The molecule has 0 aliphatic heterocycles. The van der Waals surface area contributed by atoms with Crippen molar-refractivity contribution < 1.29 is 0 Å². The molecule has 4 heteroatoms. The van der Waals surface area contributed by atoms with Crippen molar-refractivity contribution in [2.75, 3.05) is 0 Å². The van der Waals surface area contributed by atoms with Gasteiger partial charge in [0.25, 0.3) is 0 Å². The van der Waals surface area contributed by atoms with E-state index in [1.807, 2.05) is 28.8 Å². The fourth-order valence-corrected chi connectivity index (χ4v) is 2.46. The molecule has 3 nitrogen and oxygen atoms in total. The molecule has 0 aliphatic carbocycles. The molecule has 20 heavy (non-hydrogen) atoms. The van der Waals surface area contributed by atoms with Gasteiger partial charge in [-0.1, -0.05) is 34.1 Å². The van der Waals surface area contributed by atoms with Crippen molar-refractivity contribution in [1.82, 2.24) is 14.7 Å². The van der Waals surface area contributed by atoms with Crippen LogP contribution in [-0.4, -0.2) is 9.38 Å². The van der Waals surface area contributed by atoms with Gasteiger partial charge in [-0.2, -0.15) is 0 Å². The average Bonchev–Trinajstić information content (AvgIpc) is 2.88. The minimum Gasteiger partial charge on any atom is -0.307 e. The quantitative estimate of drug-likeness (QED) is 0.785. The van der Waals surface area contributed by atoms with E-state index < -0.39 is 0 Å². The second-order valence-electron chi connectivity index (χ2n) is 4.85. The Morgan fingerprint density at radius 3 is 2.75 bits per heavy atom. The highest BCUT2D eigenvalue weighted by Gasteiger charge is 2.06. The molecule has 3 aromatic rings. The van der Waals surface area contributed by atoms with Gasteiger partial charge >= 0.3 is 0 Å². The molecule has 0 unspecified atom stereocenters. The first-order valence-electron chi connectivity index (χ1n) is 6.64. The van der Waals surface area contributed by atoms with Crippen LogP contribution in [-0.2, 0) is 6.54 Å². The first-order valence-corrected chi connectivity index (χ1v) is 7.43. The summed E-state index contributed by atoms with van der Waals surface area (Å²) in [6, 6.07) is 14.7. The molecule has 0 saturated carbocycles.